The number of rotatable bonds is 5. The average Bonchev–Trinajstić information content (AvgIpc) is 2.90. The number of aromatic nitrogens is 3. The third-order valence-corrected chi connectivity index (χ3v) is 3.47. The van der Waals surface area contributed by atoms with Crippen LogP contribution in [0.2, 0.25) is 0 Å². The van der Waals surface area contributed by atoms with Crippen LogP contribution in [-0.2, 0) is 0 Å². The van der Waals surface area contributed by atoms with Gasteiger partial charge in [-0.3, -0.25) is 4.98 Å². The Morgan fingerprint density at radius 3 is 2.84 bits per heavy atom. The molecule has 0 radical (unpaired) electrons. The fourth-order valence-corrected chi connectivity index (χ4v) is 2.22. The second-order valence-electron chi connectivity index (χ2n) is 4.72. The smallest absolute Gasteiger partial charge is 0.231 e. The first-order valence-corrected chi connectivity index (χ1v) is 6.60. The van der Waals surface area contributed by atoms with Gasteiger partial charge in [-0.2, -0.15) is 4.98 Å². The van der Waals surface area contributed by atoms with E-state index in [1.165, 1.54) is 0 Å². The second kappa shape index (κ2) is 5.93. The molecule has 2 heterocycles. The van der Waals surface area contributed by atoms with Crippen LogP contribution in [0.1, 0.15) is 37.6 Å². The highest BCUT2D eigenvalue weighted by atomic mass is 16.5. The molecule has 0 bridgehead atoms. The SMILES string of the molecule is CCC(NC)C(C)c1nc(-c2ncccc2C)no1. The van der Waals surface area contributed by atoms with Gasteiger partial charge in [0, 0.05) is 12.2 Å². The van der Waals surface area contributed by atoms with E-state index < -0.39 is 0 Å². The van der Waals surface area contributed by atoms with Crippen molar-refractivity contribution in [1.29, 1.82) is 0 Å². The van der Waals surface area contributed by atoms with Gasteiger partial charge >= 0.3 is 0 Å². The minimum Gasteiger partial charge on any atom is -0.339 e. The zero-order valence-corrected chi connectivity index (χ0v) is 11.8. The van der Waals surface area contributed by atoms with Crippen molar-refractivity contribution in [3.63, 3.8) is 0 Å². The first kappa shape index (κ1) is 13.7. The number of hydrogen-bond donors (Lipinski definition) is 1. The van der Waals surface area contributed by atoms with Gasteiger partial charge < -0.3 is 9.84 Å². The van der Waals surface area contributed by atoms with Crippen molar-refractivity contribution in [3.05, 3.63) is 29.8 Å². The summed E-state index contributed by atoms with van der Waals surface area (Å²) in [5, 5.41) is 7.31. The Kier molecular flexibility index (Phi) is 4.27. The van der Waals surface area contributed by atoms with Crippen LogP contribution >= 0.6 is 0 Å². The molecule has 5 heteroatoms. The van der Waals surface area contributed by atoms with Crippen LogP contribution in [0.4, 0.5) is 0 Å². The molecule has 0 saturated carbocycles. The molecule has 19 heavy (non-hydrogen) atoms. The van der Waals surface area contributed by atoms with Gasteiger partial charge in [0.15, 0.2) is 0 Å². The second-order valence-corrected chi connectivity index (χ2v) is 4.72. The summed E-state index contributed by atoms with van der Waals surface area (Å²) in [6, 6.07) is 4.22. The summed E-state index contributed by atoms with van der Waals surface area (Å²) < 4.78 is 5.38. The summed E-state index contributed by atoms with van der Waals surface area (Å²) in [5.74, 6) is 1.40. The maximum absolute atomic E-state index is 5.38. The summed E-state index contributed by atoms with van der Waals surface area (Å²) in [6.45, 7) is 6.22. The maximum Gasteiger partial charge on any atom is 0.231 e. The molecule has 0 aliphatic rings. The van der Waals surface area contributed by atoms with Gasteiger partial charge in [0.05, 0.1) is 5.92 Å². The Bertz CT molecular complexity index is 534. The number of nitrogens with zero attached hydrogens (tertiary/aromatic N) is 3. The first-order chi connectivity index (χ1) is 9.17. The van der Waals surface area contributed by atoms with Crippen molar-refractivity contribution < 1.29 is 4.52 Å². The van der Waals surface area contributed by atoms with Crippen LogP contribution in [0.15, 0.2) is 22.9 Å². The molecule has 0 aliphatic heterocycles. The van der Waals surface area contributed by atoms with Crippen LogP contribution in [0.5, 0.6) is 0 Å². The Morgan fingerprint density at radius 1 is 1.42 bits per heavy atom. The van der Waals surface area contributed by atoms with Crippen LogP contribution < -0.4 is 5.32 Å². The summed E-state index contributed by atoms with van der Waals surface area (Å²) in [5.41, 5.74) is 1.82. The molecule has 0 saturated heterocycles. The largest absolute Gasteiger partial charge is 0.339 e. The third kappa shape index (κ3) is 2.81. The molecule has 2 aromatic heterocycles. The molecule has 102 valence electrons. The highest BCUT2D eigenvalue weighted by molar-refractivity contribution is 5.53. The molecule has 0 aliphatic carbocycles. The van der Waals surface area contributed by atoms with E-state index in [2.05, 4.69) is 34.3 Å². The highest BCUT2D eigenvalue weighted by Crippen LogP contribution is 2.23. The molecule has 0 amide bonds. The molecule has 5 nitrogen and oxygen atoms in total. The van der Waals surface area contributed by atoms with E-state index in [0.29, 0.717) is 17.8 Å². The van der Waals surface area contributed by atoms with Crippen LogP contribution in [0, 0.1) is 6.92 Å². The van der Waals surface area contributed by atoms with Crippen molar-refractivity contribution in [3.8, 4) is 11.5 Å². The highest BCUT2D eigenvalue weighted by Gasteiger charge is 2.22. The van der Waals surface area contributed by atoms with Crippen molar-refractivity contribution in [1.82, 2.24) is 20.4 Å². The zero-order valence-electron chi connectivity index (χ0n) is 11.8. The van der Waals surface area contributed by atoms with Gasteiger partial charge in [-0.25, -0.2) is 0 Å². The number of aryl methyl sites for hydroxylation is 1. The Hall–Kier alpha value is -1.75. The zero-order chi connectivity index (χ0) is 13.8. The van der Waals surface area contributed by atoms with Crippen molar-refractivity contribution in [2.75, 3.05) is 7.05 Å². The average molecular weight is 260 g/mol. The third-order valence-electron chi connectivity index (χ3n) is 3.47. The molecular weight excluding hydrogens is 240 g/mol. The van der Waals surface area contributed by atoms with Gasteiger partial charge in [-0.15, -0.1) is 0 Å². The van der Waals surface area contributed by atoms with E-state index in [1.54, 1.807) is 6.20 Å². The summed E-state index contributed by atoms with van der Waals surface area (Å²) in [6.07, 6.45) is 2.75. The lowest BCUT2D eigenvalue weighted by Gasteiger charge is -2.18. The quantitative estimate of drug-likeness (QED) is 0.895. The normalized spacial score (nSPS) is 14.3. The monoisotopic (exact) mass is 260 g/mol. The predicted octanol–water partition coefficient (Wildman–Crippen LogP) is 2.54. The summed E-state index contributed by atoms with van der Waals surface area (Å²) in [4.78, 5) is 8.78. The molecule has 2 atom stereocenters. The van der Waals surface area contributed by atoms with Gasteiger partial charge in [0.1, 0.15) is 5.69 Å². The molecule has 1 N–H and O–H groups in total. The lowest BCUT2D eigenvalue weighted by atomic mass is 10.00. The molecule has 2 aromatic rings. The molecule has 0 fully saturated rings. The molecule has 0 aromatic carbocycles. The van der Waals surface area contributed by atoms with E-state index in [4.69, 9.17) is 4.52 Å². The van der Waals surface area contributed by atoms with E-state index >= 15 is 0 Å². The summed E-state index contributed by atoms with van der Waals surface area (Å²) >= 11 is 0. The number of likely N-dealkylation sites (N-methyl/N-ethyl adjacent to an activating group) is 1. The Labute approximate surface area is 113 Å². The minimum absolute atomic E-state index is 0.181. The van der Waals surface area contributed by atoms with Crippen LogP contribution in [0.25, 0.3) is 11.5 Å². The van der Waals surface area contributed by atoms with Gasteiger partial charge in [0.25, 0.3) is 0 Å². The van der Waals surface area contributed by atoms with Crippen molar-refractivity contribution in [2.45, 2.75) is 39.2 Å². The van der Waals surface area contributed by atoms with Crippen molar-refractivity contribution in [2.24, 2.45) is 0 Å². The summed E-state index contributed by atoms with van der Waals surface area (Å²) in [7, 11) is 1.95. The van der Waals surface area contributed by atoms with Gasteiger partial charge in [0.2, 0.25) is 11.7 Å². The molecular formula is C14H20N4O. The lowest BCUT2D eigenvalue weighted by molar-refractivity contribution is 0.326. The topological polar surface area (TPSA) is 63.8 Å². The lowest BCUT2D eigenvalue weighted by Crippen LogP contribution is -2.30. The van der Waals surface area contributed by atoms with Gasteiger partial charge in [-0.05, 0) is 32.0 Å². The van der Waals surface area contributed by atoms with Crippen LogP contribution in [-0.4, -0.2) is 28.2 Å². The molecule has 2 rings (SSSR count). The van der Waals surface area contributed by atoms with E-state index in [9.17, 15) is 0 Å². The number of hydrogen-bond acceptors (Lipinski definition) is 5. The van der Waals surface area contributed by atoms with Crippen molar-refractivity contribution >= 4 is 0 Å². The fraction of sp³-hybridized carbons (Fsp3) is 0.500. The molecule has 0 spiro atoms. The fourth-order valence-electron chi connectivity index (χ4n) is 2.22. The van der Waals surface area contributed by atoms with E-state index in [1.807, 2.05) is 26.1 Å². The van der Waals surface area contributed by atoms with E-state index in [-0.39, 0.29) is 5.92 Å². The van der Waals surface area contributed by atoms with E-state index in [0.717, 1.165) is 17.7 Å². The van der Waals surface area contributed by atoms with Crippen LogP contribution in [0.3, 0.4) is 0 Å². The Morgan fingerprint density at radius 2 is 2.21 bits per heavy atom. The number of pyridine rings is 1. The standard InChI is InChI=1S/C14H20N4O/c1-5-11(15-4)10(3)14-17-13(18-19-14)12-9(2)7-6-8-16-12/h6-8,10-11,15H,5H2,1-4H3. The number of nitrogens with one attached hydrogen (secondary N) is 1. The Balaban J connectivity index is 2.27. The molecule has 2 unspecified atom stereocenters. The predicted molar refractivity (Wildman–Crippen MR) is 73.8 cm³/mol. The first-order valence-electron chi connectivity index (χ1n) is 6.60. The van der Waals surface area contributed by atoms with Gasteiger partial charge in [-0.1, -0.05) is 25.1 Å². The minimum atomic E-state index is 0.181. The maximum atomic E-state index is 5.38.